The lowest BCUT2D eigenvalue weighted by molar-refractivity contribution is -0.123. The van der Waals surface area contributed by atoms with Gasteiger partial charge in [0.05, 0.1) is 6.07 Å². The predicted octanol–water partition coefficient (Wildman–Crippen LogP) is 1.14. The Balaban J connectivity index is 4.55. The first-order chi connectivity index (χ1) is 8.65. The largest absolute Gasteiger partial charge is 0.341 e. The normalized spacial score (nSPS) is 12.5. The van der Waals surface area contributed by atoms with E-state index in [1.54, 1.807) is 0 Å². The molecule has 0 saturated carbocycles. The molecule has 0 aliphatic rings. The van der Waals surface area contributed by atoms with Gasteiger partial charge in [-0.25, -0.2) is 4.79 Å². The number of hydrogen-bond acceptors (Lipinski definition) is 3. The summed E-state index contributed by atoms with van der Waals surface area (Å²) in [4.78, 5) is 23.6. The van der Waals surface area contributed by atoms with Crippen LogP contribution in [0.1, 0.15) is 41.0 Å². The molecule has 0 aromatic heterocycles. The van der Waals surface area contributed by atoms with E-state index in [0.29, 0.717) is 6.42 Å². The fourth-order valence-electron chi connectivity index (χ4n) is 1.49. The second-order valence-electron chi connectivity index (χ2n) is 5.91. The lowest BCUT2D eigenvalue weighted by atomic mass is 10.0. The summed E-state index contributed by atoms with van der Waals surface area (Å²) in [7, 11) is 0. The number of nitrogens with zero attached hydrogens (tertiary/aromatic N) is 1. The Morgan fingerprint density at radius 2 is 1.84 bits per heavy atom. The number of hydrogen-bond donors (Lipinski definition) is 3. The number of carbonyl (C=O) groups excluding carboxylic acids is 2. The molecule has 6 nitrogen and oxygen atoms in total. The first kappa shape index (κ1) is 17.2. The summed E-state index contributed by atoms with van der Waals surface area (Å²) in [6.45, 7) is 9.46. The third-order valence-electron chi connectivity index (χ3n) is 2.16. The molecule has 0 aliphatic heterocycles. The standard InChI is InChI=1S/C13H24N4O2/c1-9(2)8-10(11(18)15-7-6-14)16-12(19)17-13(3,4)5/h9-10H,7-8H2,1-5H3,(H,15,18)(H2,16,17,19)/t10-/m0/s1. The Morgan fingerprint density at radius 1 is 1.26 bits per heavy atom. The van der Waals surface area contributed by atoms with Crippen molar-refractivity contribution >= 4 is 11.9 Å². The second-order valence-corrected chi connectivity index (χ2v) is 5.91. The van der Waals surface area contributed by atoms with Gasteiger partial charge in [0.15, 0.2) is 0 Å². The van der Waals surface area contributed by atoms with Crippen LogP contribution in [0.15, 0.2) is 0 Å². The minimum atomic E-state index is -0.629. The fourth-order valence-corrected chi connectivity index (χ4v) is 1.49. The molecule has 0 bridgehead atoms. The van der Waals surface area contributed by atoms with Crippen molar-refractivity contribution in [1.29, 1.82) is 5.26 Å². The molecule has 0 fully saturated rings. The van der Waals surface area contributed by atoms with Crippen LogP contribution in [0, 0.1) is 17.2 Å². The number of nitrogens with one attached hydrogen (secondary N) is 3. The molecule has 0 rings (SSSR count). The monoisotopic (exact) mass is 268 g/mol. The zero-order valence-electron chi connectivity index (χ0n) is 12.3. The third kappa shape index (κ3) is 8.89. The van der Waals surface area contributed by atoms with Crippen molar-refractivity contribution in [2.24, 2.45) is 5.92 Å². The molecule has 0 aromatic carbocycles. The van der Waals surface area contributed by atoms with E-state index in [0.717, 1.165) is 0 Å². The van der Waals surface area contributed by atoms with E-state index >= 15 is 0 Å². The third-order valence-corrected chi connectivity index (χ3v) is 2.16. The van der Waals surface area contributed by atoms with E-state index in [2.05, 4.69) is 16.0 Å². The number of rotatable bonds is 5. The van der Waals surface area contributed by atoms with Gasteiger partial charge in [-0.2, -0.15) is 5.26 Å². The minimum Gasteiger partial charge on any atom is -0.341 e. The van der Waals surface area contributed by atoms with Gasteiger partial charge in [0, 0.05) is 5.54 Å². The SMILES string of the molecule is CC(C)C[C@H](NC(=O)NC(C)(C)C)C(=O)NCC#N. The van der Waals surface area contributed by atoms with Gasteiger partial charge in [0.1, 0.15) is 12.6 Å². The second kappa shape index (κ2) is 7.62. The number of carbonyl (C=O) groups is 2. The van der Waals surface area contributed by atoms with Crippen LogP contribution in [0.4, 0.5) is 4.79 Å². The zero-order valence-corrected chi connectivity index (χ0v) is 12.3. The molecule has 0 unspecified atom stereocenters. The van der Waals surface area contributed by atoms with E-state index in [-0.39, 0.29) is 29.9 Å². The average Bonchev–Trinajstić information content (AvgIpc) is 2.21. The topological polar surface area (TPSA) is 94.0 Å². The fraction of sp³-hybridized carbons (Fsp3) is 0.769. The van der Waals surface area contributed by atoms with Gasteiger partial charge < -0.3 is 16.0 Å². The smallest absolute Gasteiger partial charge is 0.315 e. The molecule has 3 N–H and O–H groups in total. The van der Waals surface area contributed by atoms with E-state index in [1.807, 2.05) is 40.7 Å². The molecule has 0 aromatic rings. The summed E-state index contributed by atoms with van der Waals surface area (Å²) in [6, 6.07) is 0.825. The maximum atomic E-state index is 11.8. The summed E-state index contributed by atoms with van der Waals surface area (Å²) < 4.78 is 0. The first-order valence-electron chi connectivity index (χ1n) is 6.39. The van der Waals surface area contributed by atoms with Crippen molar-refractivity contribution in [2.75, 3.05) is 6.54 Å². The van der Waals surface area contributed by atoms with Crippen molar-refractivity contribution in [3.05, 3.63) is 0 Å². The van der Waals surface area contributed by atoms with Gasteiger partial charge in [-0.15, -0.1) is 0 Å². The zero-order chi connectivity index (χ0) is 15.1. The molecule has 1 atom stereocenters. The predicted molar refractivity (Wildman–Crippen MR) is 73.3 cm³/mol. The van der Waals surface area contributed by atoms with Crippen molar-refractivity contribution in [3.63, 3.8) is 0 Å². The minimum absolute atomic E-state index is 0.0595. The average molecular weight is 268 g/mol. The molecule has 0 radical (unpaired) electrons. The molecule has 3 amide bonds. The van der Waals surface area contributed by atoms with Crippen LogP contribution in [0.5, 0.6) is 0 Å². The van der Waals surface area contributed by atoms with Crippen molar-refractivity contribution in [2.45, 2.75) is 52.6 Å². The highest BCUT2D eigenvalue weighted by Gasteiger charge is 2.23. The van der Waals surface area contributed by atoms with Crippen LogP contribution in [-0.2, 0) is 4.79 Å². The molecular formula is C13H24N4O2. The van der Waals surface area contributed by atoms with Crippen molar-refractivity contribution in [1.82, 2.24) is 16.0 Å². The summed E-state index contributed by atoms with van der Waals surface area (Å²) in [5, 5.41) is 16.3. The molecule has 0 saturated heterocycles. The molecule has 6 heteroatoms. The Bertz CT molecular complexity index is 353. The van der Waals surface area contributed by atoms with Gasteiger partial charge in [-0.1, -0.05) is 13.8 Å². The molecular weight excluding hydrogens is 244 g/mol. The Hall–Kier alpha value is -1.77. The van der Waals surface area contributed by atoms with Gasteiger partial charge in [0.25, 0.3) is 0 Å². The molecule has 0 heterocycles. The first-order valence-corrected chi connectivity index (χ1v) is 6.39. The molecule has 0 spiro atoms. The Labute approximate surface area is 114 Å². The van der Waals surface area contributed by atoms with Gasteiger partial charge in [-0.05, 0) is 33.1 Å². The highest BCUT2D eigenvalue weighted by molar-refractivity contribution is 5.87. The molecule has 0 aliphatic carbocycles. The van der Waals surface area contributed by atoms with Gasteiger partial charge in [-0.3, -0.25) is 4.79 Å². The van der Waals surface area contributed by atoms with Crippen LogP contribution in [0.3, 0.4) is 0 Å². The lowest BCUT2D eigenvalue weighted by Crippen LogP contribution is -2.54. The maximum Gasteiger partial charge on any atom is 0.315 e. The molecule has 108 valence electrons. The lowest BCUT2D eigenvalue weighted by Gasteiger charge is -2.24. The van der Waals surface area contributed by atoms with E-state index in [4.69, 9.17) is 5.26 Å². The summed E-state index contributed by atoms with van der Waals surface area (Å²) in [5.41, 5.74) is -0.365. The summed E-state index contributed by atoms with van der Waals surface area (Å²) >= 11 is 0. The number of nitriles is 1. The van der Waals surface area contributed by atoms with Crippen molar-refractivity contribution < 1.29 is 9.59 Å². The van der Waals surface area contributed by atoms with Crippen molar-refractivity contribution in [3.8, 4) is 6.07 Å². The Morgan fingerprint density at radius 3 is 2.26 bits per heavy atom. The van der Waals surface area contributed by atoms with Crippen LogP contribution in [-0.4, -0.2) is 30.1 Å². The van der Waals surface area contributed by atoms with E-state index in [1.165, 1.54) is 0 Å². The quantitative estimate of drug-likeness (QED) is 0.653. The summed E-state index contributed by atoms with van der Waals surface area (Å²) in [6.07, 6.45) is 0.523. The van der Waals surface area contributed by atoms with E-state index < -0.39 is 6.04 Å². The van der Waals surface area contributed by atoms with Crippen LogP contribution in [0.25, 0.3) is 0 Å². The van der Waals surface area contributed by atoms with Gasteiger partial charge >= 0.3 is 6.03 Å². The Kier molecular flexibility index (Phi) is 6.91. The van der Waals surface area contributed by atoms with E-state index in [9.17, 15) is 9.59 Å². The number of amides is 3. The van der Waals surface area contributed by atoms with Crippen LogP contribution in [0.2, 0.25) is 0 Å². The van der Waals surface area contributed by atoms with Crippen LogP contribution >= 0.6 is 0 Å². The van der Waals surface area contributed by atoms with Gasteiger partial charge in [0.2, 0.25) is 5.91 Å². The number of urea groups is 1. The van der Waals surface area contributed by atoms with Crippen LogP contribution < -0.4 is 16.0 Å². The molecule has 19 heavy (non-hydrogen) atoms. The highest BCUT2D eigenvalue weighted by Crippen LogP contribution is 2.05. The summed E-state index contributed by atoms with van der Waals surface area (Å²) in [5.74, 6) is -0.0768. The maximum absolute atomic E-state index is 11.8. The highest BCUT2D eigenvalue weighted by atomic mass is 16.2.